The third-order valence-electron chi connectivity index (χ3n) is 5.65. The summed E-state index contributed by atoms with van der Waals surface area (Å²) in [5, 5.41) is 12.6. The lowest BCUT2D eigenvalue weighted by atomic mass is 9.98. The molecular formula is C25H34FN3O4. The smallest absolute Gasteiger partial charge is 0.250 e. The van der Waals surface area contributed by atoms with Crippen LogP contribution in [-0.4, -0.2) is 63.2 Å². The molecule has 4 N–H and O–H groups in total. The number of nitrogens with zero attached hydrogens (tertiary/aromatic N) is 1. The minimum Gasteiger partial charge on any atom is -0.488 e. The highest BCUT2D eigenvalue weighted by atomic mass is 19.1. The number of hydrogen-bond donors (Lipinski definition) is 3. The Hall–Kier alpha value is -2.84. The van der Waals surface area contributed by atoms with Crippen molar-refractivity contribution in [2.75, 3.05) is 51.0 Å². The first-order valence-corrected chi connectivity index (χ1v) is 11.5. The molecular weight excluding hydrogens is 425 g/mol. The Balaban J connectivity index is 1.54. The number of nitrogens with two attached hydrogens (primary N) is 1. The summed E-state index contributed by atoms with van der Waals surface area (Å²) < 4.78 is 23.5. The molecule has 180 valence electrons. The van der Waals surface area contributed by atoms with E-state index in [2.05, 4.69) is 23.2 Å². The van der Waals surface area contributed by atoms with E-state index in [1.165, 1.54) is 0 Å². The van der Waals surface area contributed by atoms with E-state index in [1.54, 1.807) is 12.1 Å². The van der Waals surface area contributed by atoms with Gasteiger partial charge in [0.05, 0.1) is 11.3 Å². The average molecular weight is 460 g/mol. The van der Waals surface area contributed by atoms with Gasteiger partial charge in [-0.25, -0.2) is 4.39 Å². The van der Waals surface area contributed by atoms with Crippen LogP contribution in [0.15, 0.2) is 36.4 Å². The van der Waals surface area contributed by atoms with Crippen molar-refractivity contribution in [1.82, 2.24) is 5.32 Å². The second-order valence-corrected chi connectivity index (χ2v) is 8.22. The van der Waals surface area contributed by atoms with Crippen molar-refractivity contribution in [3.05, 3.63) is 53.1 Å². The van der Waals surface area contributed by atoms with Crippen molar-refractivity contribution in [3.8, 4) is 11.5 Å². The number of hydrogen-bond acceptors (Lipinski definition) is 6. The van der Waals surface area contributed by atoms with Gasteiger partial charge < -0.3 is 30.5 Å². The Kier molecular flexibility index (Phi) is 9.33. The predicted molar refractivity (Wildman–Crippen MR) is 127 cm³/mol. The second kappa shape index (κ2) is 12.4. The minimum atomic E-state index is -0.547. The Morgan fingerprint density at radius 1 is 1.24 bits per heavy atom. The van der Waals surface area contributed by atoms with E-state index in [0.29, 0.717) is 43.2 Å². The molecule has 0 unspecified atom stereocenters. The summed E-state index contributed by atoms with van der Waals surface area (Å²) in [5.41, 5.74) is 9.37. The lowest BCUT2D eigenvalue weighted by Gasteiger charge is -2.22. The number of para-hydroxylation sites is 2. The zero-order chi connectivity index (χ0) is 23.6. The third kappa shape index (κ3) is 6.82. The second-order valence-electron chi connectivity index (χ2n) is 8.22. The number of primary amides is 1. The number of fused-ring (bicyclic) bond motifs is 1. The van der Waals surface area contributed by atoms with Gasteiger partial charge in [-0.1, -0.05) is 18.2 Å². The van der Waals surface area contributed by atoms with E-state index in [9.17, 15) is 9.18 Å². The summed E-state index contributed by atoms with van der Waals surface area (Å²) >= 11 is 0. The monoisotopic (exact) mass is 459 g/mol. The maximum Gasteiger partial charge on any atom is 0.250 e. The van der Waals surface area contributed by atoms with Gasteiger partial charge in [-0.15, -0.1) is 0 Å². The molecule has 0 saturated heterocycles. The normalized spacial score (nSPS) is 13.6. The van der Waals surface area contributed by atoms with Crippen LogP contribution in [-0.2, 0) is 12.8 Å². The van der Waals surface area contributed by atoms with E-state index >= 15 is 0 Å². The molecule has 0 radical (unpaired) electrons. The first kappa shape index (κ1) is 24.8. The molecule has 0 aromatic heterocycles. The lowest BCUT2D eigenvalue weighted by molar-refractivity contribution is 0.100. The van der Waals surface area contributed by atoms with Crippen LogP contribution in [0.25, 0.3) is 0 Å². The Bertz CT molecular complexity index is 925. The zero-order valence-electron chi connectivity index (χ0n) is 19.2. The van der Waals surface area contributed by atoms with Crippen molar-refractivity contribution < 1.29 is 23.8 Å². The first-order chi connectivity index (χ1) is 16.0. The molecule has 2 aromatic carbocycles. The first-order valence-electron chi connectivity index (χ1n) is 11.5. The average Bonchev–Trinajstić information content (AvgIpc) is 3.21. The van der Waals surface area contributed by atoms with Crippen LogP contribution in [0, 0.1) is 0 Å². The molecule has 1 aliphatic rings. The fraction of sp³-hybridized carbons (Fsp3) is 0.480. The fourth-order valence-electron chi connectivity index (χ4n) is 4.21. The molecule has 0 spiro atoms. The summed E-state index contributed by atoms with van der Waals surface area (Å²) in [6.45, 7) is 4.28. The van der Waals surface area contributed by atoms with E-state index in [4.69, 9.17) is 20.3 Å². The number of nitrogens with one attached hydrogen (secondary N) is 1. The van der Waals surface area contributed by atoms with E-state index in [1.807, 2.05) is 18.2 Å². The van der Waals surface area contributed by atoms with Crippen LogP contribution in [0.2, 0.25) is 0 Å². The standard InChI is InChI=1S/C25H34FN3O4/c1-18(28-9-14-33-23-6-3-2-5-22(23)32-13-8-26)15-19-16-20-7-11-29(10-4-12-30)24(20)21(17-19)25(27)31/h2-3,5-6,16-18,28,30H,4,7-15H2,1H3,(H2,27,31)/t18-/m1/s1. The topological polar surface area (TPSA) is 97.1 Å². The third-order valence-corrected chi connectivity index (χ3v) is 5.65. The van der Waals surface area contributed by atoms with Gasteiger partial charge in [-0.2, -0.15) is 0 Å². The zero-order valence-corrected chi connectivity index (χ0v) is 19.2. The van der Waals surface area contributed by atoms with Gasteiger partial charge in [-0.05, 0) is 55.5 Å². The van der Waals surface area contributed by atoms with Crippen molar-refractivity contribution >= 4 is 11.6 Å². The van der Waals surface area contributed by atoms with Crippen molar-refractivity contribution in [2.24, 2.45) is 5.73 Å². The van der Waals surface area contributed by atoms with Gasteiger partial charge in [0, 0.05) is 32.3 Å². The highest BCUT2D eigenvalue weighted by molar-refractivity contribution is 6.00. The highest BCUT2D eigenvalue weighted by Gasteiger charge is 2.25. The number of amides is 1. The maximum atomic E-state index is 12.4. The van der Waals surface area contributed by atoms with E-state index < -0.39 is 12.6 Å². The van der Waals surface area contributed by atoms with E-state index in [0.717, 1.165) is 36.2 Å². The molecule has 1 amide bonds. The van der Waals surface area contributed by atoms with Crippen molar-refractivity contribution in [3.63, 3.8) is 0 Å². The van der Waals surface area contributed by atoms with Crippen molar-refractivity contribution in [2.45, 2.75) is 32.2 Å². The number of alkyl halides is 1. The number of carbonyl (C=O) groups is 1. The van der Waals surface area contributed by atoms with Crippen molar-refractivity contribution in [1.29, 1.82) is 0 Å². The Morgan fingerprint density at radius 3 is 2.64 bits per heavy atom. The molecule has 0 aliphatic carbocycles. The van der Waals surface area contributed by atoms with Crippen LogP contribution in [0.1, 0.15) is 34.8 Å². The molecule has 1 heterocycles. The summed E-state index contributed by atoms with van der Waals surface area (Å²) in [5.74, 6) is 0.705. The number of ether oxygens (including phenoxy) is 2. The van der Waals surface area contributed by atoms with Gasteiger partial charge in [0.25, 0.3) is 5.91 Å². The number of rotatable bonds is 14. The van der Waals surface area contributed by atoms with Crippen LogP contribution in [0.3, 0.4) is 0 Å². The molecule has 0 saturated carbocycles. The number of benzene rings is 2. The maximum absolute atomic E-state index is 12.4. The fourth-order valence-corrected chi connectivity index (χ4v) is 4.21. The van der Waals surface area contributed by atoms with Crippen LogP contribution in [0.4, 0.5) is 10.1 Å². The van der Waals surface area contributed by atoms with Gasteiger partial charge in [0.2, 0.25) is 0 Å². The minimum absolute atomic E-state index is 0.00290. The summed E-state index contributed by atoms with van der Waals surface area (Å²) in [7, 11) is 0. The summed E-state index contributed by atoms with van der Waals surface area (Å²) in [6.07, 6.45) is 2.28. The Labute approximate surface area is 194 Å². The largest absolute Gasteiger partial charge is 0.488 e. The molecule has 3 rings (SSSR count). The number of aliphatic hydroxyl groups excluding tert-OH is 1. The lowest BCUT2D eigenvalue weighted by Crippen LogP contribution is -2.32. The van der Waals surface area contributed by atoms with Crippen LogP contribution in [0.5, 0.6) is 11.5 Å². The number of anilines is 1. The number of aliphatic hydroxyl groups is 1. The molecule has 1 atom stereocenters. The molecule has 8 heteroatoms. The van der Waals surface area contributed by atoms with Gasteiger partial charge in [0.15, 0.2) is 11.5 Å². The van der Waals surface area contributed by atoms with Gasteiger partial charge >= 0.3 is 0 Å². The molecule has 33 heavy (non-hydrogen) atoms. The number of halogens is 1. The molecule has 2 aromatic rings. The quantitative estimate of drug-likeness (QED) is 0.376. The molecule has 1 aliphatic heterocycles. The van der Waals surface area contributed by atoms with Gasteiger partial charge in [-0.3, -0.25) is 4.79 Å². The summed E-state index contributed by atoms with van der Waals surface area (Å²) in [4.78, 5) is 14.3. The predicted octanol–water partition coefficient (Wildman–Crippen LogP) is 2.48. The highest BCUT2D eigenvalue weighted by Crippen LogP contribution is 2.33. The van der Waals surface area contributed by atoms with Crippen LogP contribution >= 0.6 is 0 Å². The SMILES string of the molecule is C[C@H](Cc1cc2c(c(C(N)=O)c1)N(CCCO)CC2)NCCOc1ccccc1OCCF. The number of carbonyl (C=O) groups excluding carboxylic acids is 1. The van der Waals surface area contributed by atoms with Gasteiger partial charge in [0.1, 0.15) is 19.9 Å². The Morgan fingerprint density at radius 2 is 1.97 bits per heavy atom. The summed E-state index contributed by atoms with van der Waals surface area (Å²) in [6, 6.07) is 11.5. The van der Waals surface area contributed by atoms with Crippen LogP contribution < -0.4 is 25.4 Å². The molecule has 7 nitrogen and oxygen atoms in total. The molecule has 0 fully saturated rings. The molecule has 0 bridgehead atoms. The van der Waals surface area contributed by atoms with E-state index in [-0.39, 0.29) is 19.3 Å².